The van der Waals surface area contributed by atoms with Crippen molar-refractivity contribution in [2.45, 2.75) is 19.5 Å². The van der Waals surface area contributed by atoms with Crippen LogP contribution in [0.15, 0.2) is 30.5 Å². The van der Waals surface area contributed by atoms with Gasteiger partial charge in [0, 0.05) is 6.61 Å². The molecular formula is C12H13F2N3O2. The molecule has 0 bridgehead atoms. The molecular weight excluding hydrogens is 256 g/mol. The number of rotatable bonds is 6. The molecule has 1 N–H and O–H groups in total. The number of benzene rings is 1. The standard InChI is InChI=1S/C12H13F2N3O2/c13-12(14)19-11-5-3-10(4-6-11)17-8-9(15-16-17)2-1-7-18/h3-6,8,12,18H,1-2,7H2. The summed E-state index contributed by atoms with van der Waals surface area (Å²) in [6, 6.07) is 6.11. The molecule has 0 aliphatic carbocycles. The fourth-order valence-corrected chi connectivity index (χ4v) is 1.58. The molecule has 0 atom stereocenters. The number of alkyl halides is 2. The van der Waals surface area contributed by atoms with Gasteiger partial charge in [0.1, 0.15) is 5.75 Å². The van der Waals surface area contributed by atoms with E-state index in [0.29, 0.717) is 18.5 Å². The lowest BCUT2D eigenvalue weighted by Gasteiger charge is -2.05. The minimum absolute atomic E-state index is 0.0966. The lowest BCUT2D eigenvalue weighted by molar-refractivity contribution is -0.0498. The van der Waals surface area contributed by atoms with Gasteiger partial charge in [0.25, 0.3) is 0 Å². The van der Waals surface area contributed by atoms with Gasteiger partial charge in [0.2, 0.25) is 0 Å². The highest BCUT2D eigenvalue weighted by Crippen LogP contribution is 2.17. The second kappa shape index (κ2) is 6.24. The number of aromatic nitrogens is 3. The molecule has 1 aromatic carbocycles. The number of hydrogen-bond acceptors (Lipinski definition) is 4. The summed E-state index contributed by atoms with van der Waals surface area (Å²) < 4.78 is 29.8. The lowest BCUT2D eigenvalue weighted by atomic mass is 10.2. The summed E-state index contributed by atoms with van der Waals surface area (Å²) >= 11 is 0. The number of aryl methyl sites for hydroxylation is 1. The largest absolute Gasteiger partial charge is 0.435 e. The number of halogens is 2. The Morgan fingerprint density at radius 1 is 1.26 bits per heavy atom. The first-order chi connectivity index (χ1) is 9.19. The molecule has 7 heteroatoms. The summed E-state index contributed by atoms with van der Waals surface area (Å²) in [5, 5.41) is 16.6. The SMILES string of the molecule is OCCCc1cn(-c2ccc(OC(F)F)cc2)nn1. The Kier molecular flexibility index (Phi) is 4.40. The van der Waals surface area contributed by atoms with E-state index in [1.165, 1.54) is 12.1 Å². The Balaban J connectivity index is 2.07. The Bertz CT molecular complexity index is 514. The van der Waals surface area contributed by atoms with Crippen molar-refractivity contribution in [2.24, 2.45) is 0 Å². The first-order valence-electron chi connectivity index (χ1n) is 5.76. The molecule has 0 fully saturated rings. The molecule has 5 nitrogen and oxygen atoms in total. The average Bonchev–Trinajstić information content (AvgIpc) is 2.85. The van der Waals surface area contributed by atoms with Crippen LogP contribution in [0.4, 0.5) is 8.78 Å². The molecule has 0 spiro atoms. The van der Waals surface area contributed by atoms with Gasteiger partial charge < -0.3 is 9.84 Å². The Morgan fingerprint density at radius 3 is 2.63 bits per heavy atom. The van der Waals surface area contributed by atoms with Crippen molar-refractivity contribution in [1.29, 1.82) is 0 Å². The number of aliphatic hydroxyl groups is 1. The van der Waals surface area contributed by atoms with E-state index in [4.69, 9.17) is 5.11 Å². The smallest absolute Gasteiger partial charge is 0.387 e. The van der Waals surface area contributed by atoms with Crippen molar-refractivity contribution in [1.82, 2.24) is 15.0 Å². The van der Waals surface area contributed by atoms with Crippen LogP contribution in [-0.2, 0) is 6.42 Å². The van der Waals surface area contributed by atoms with Crippen molar-refractivity contribution < 1.29 is 18.6 Å². The molecule has 1 aromatic heterocycles. The average molecular weight is 269 g/mol. The summed E-state index contributed by atoms with van der Waals surface area (Å²) in [7, 11) is 0. The van der Waals surface area contributed by atoms with Crippen LogP contribution in [0.1, 0.15) is 12.1 Å². The molecule has 0 saturated carbocycles. The minimum atomic E-state index is -2.83. The van der Waals surface area contributed by atoms with Crippen LogP contribution in [0.3, 0.4) is 0 Å². The summed E-state index contributed by atoms with van der Waals surface area (Å²) in [4.78, 5) is 0. The van der Waals surface area contributed by atoms with Crippen molar-refractivity contribution in [3.63, 3.8) is 0 Å². The minimum Gasteiger partial charge on any atom is -0.435 e. The van der Waals surface area contributed by atoms with Crippen LogP contribution >= 0.6 is 0 Å². The predicted molar refractivity (Wildman–Crippen MR) is 63.4 cm³/mol. The van der Waals surface area contributed by atoms with Crippen LogP contribution in [-0.4, -0.2) is 33.3 Å². The van der Waals surface area contributed by atoms with Crippen molar-refractivity contribution >= 4 is 0 Å². The predicted octanol–water partition coefficient (Wildman–Crippen LogP) is 1.79. The summed E-state index contributed by atoms with van der Waals surface area (Å²) in [5.74, 6) is 0.0966. The van der Waals surface area contributed by atoms with E-state index >= 15 is 0 Å². The van der Waals surface area contributed by atoms with Crippen LogP contribution < -0.4 is 4.74 Å². The van der Waals surface area contributed by atoms with E-state index < -0.39 is 6.61 Å². The summed E-state index contributed by atoms with van der Waals surface area (Å²) in [6.07, 6.45) is 3.00. The zero-order valence-corrected chi connectivity index (χ0v) is 10.0. The van der Waals surface area contributed by atoms with Gasteiger partial charge in [-0.05, 0) is 37.1 Å². The second-order valence-electron chi connectivity index (χ2n) is 3.85. The normalized spacial score (nSPS) is 10.9. The molecule has 0 unspecified atom stereocenters. The van der Waals surface area contributed by atoms with Crippen LogP contribution in [0, 0.1) is 0 Å². The molecule has 2 aromatic rings. The maximum absolute atomic E-state index is 12.0. The first-order valence-corrected chi connectivity index (χ1v) is 5.76. The van der Waals surface area contributed by atoms with E-state index in [1.807, 2.05) is 0 Å². The zero-order chi connectivity index (χ0) is 13.7. The van der Waals surface area contributed by atoms with Gasteiger partial charge in [-0.2, -0.15) is 8.78 Å². The van der Waals surface area contributed by atoms with E-state index in [-0.39, 0.29) is 12.4 Å². The van der Waals surface area contributed by atoms with Crippen LogP contribution in [0.5, 0.6) is 5.75 Å². The fourth-order valence-electron chi connectivity index (χ4n) is 1.58. The summed E-state index contributed by atoms with van der Waals surface area (Å²) in [5.41, 5.74) is 1.46. The lowest BCUT2D eigenvalue weighted by Crippen LogP contribution is -2.02. The molecule has 0 aliphatic heterocycles. The number of aliphatic hydroxyl groups excluding tert-OH is 1. The van der Waals surface area contributed by atoms with E-state index in [9.17, 15) is 8.78 Å². The highest BCUT2D eigenvalue weighted by atomic mass is 19.3. The molecule has 0 amide bonds. The quantitative estimate of drug-likeness (QED) is 0.868. The van der Waals surface area contributed by atoms with Crippen molar-refractivity contribution in [3.05, 3.63) is 36.2 Å². The Labute approximate surface area is 108 Å². The van der Waals surface area contributed by atoms with Crippen molar-refractivity contribution in [2.75, 3.05) is 6.61 Å². The van der Waals surface area contributed by atoms with E-state index in [0.717, 1.165) is 5.69 Å². The third-order valence-corrected chi connectivity index (χ3v) is 2.46. The number of ether oxygens (including phenoxy) is 1. The van der Waals surface area contributed by atoms with Gasteiger partial charge in [0.15, 0.2) is 0 Å². The number of nitrogens with zero attached hydrogens (tertiary/aromatic N) is 3. The molecule has 0 radical (unpaired) electrons. The first kappa shape index (κ1) is 13.4. The van der Waals surface area contributed by atoms with Crippen molar-refractivity contribution in [3.8, 4) is 11.4 Å². The highest BCUT2D eigenvalue weighted by Gasteiger charge is 2.06. The van der Waals surface area contributed by atoms with Crippen LogP contribution in [0.25, 0.3) is 5.69 Å². The third kappa shape index (κ3) is 3.72. The molecule has 0 saturated heterocycles. The Morgan fingerprint density at radius 2 is 2.00 bits per heavy atom. The maximum Gasteiger partial charge on any atom is 0.387 e. The fraction of sp³-hybridized carbons (Fsp3) is 0.333. The molecule has 1 heterocycles. The van der Waals surface area contributed by atoms with Gasteiger partial charge in [-0.3, -0.25) is 0 Å². The third-order valence-electron chi connectivity index (χ3n) is 2.46. The van der Waals surface area contributed by atoms with Gasteiger partial charge in [-0.1, -0.05) is 5.21 Å². The highest BCUT2D eigenvalue weighted by molar-refractivity contribution is 5.36. The molecule has 2 rings (SSSR count). The summed E-state index contributed by atoms with van der Waals surface area (Å²) in [6.45, 7) is -2.73. The second-order valence-corrected chi connectivity index (χ2v) is 3.85. The van der Waals surface area contributed by atoms with E-state index in [2.05, 4.69) is 15.0 Å². The van der Waals surface area contributed by atoms with Crippen LogP contribution in [0.2, 0.25) is 0 Å². The monoisotopic (exact) mass is 269 g/mol. The topological polar surface area (TPSA) is 60.2 Å². The molecule has 0 aliphatic rings. The van der Waals surface area contributed by atoms with Gasteiger partial charge in [-0.25, -0.2) is 4.68 Å². The maximum atomic E-state index is 12.0. The van der Waals surface area contributed by atoms with Gasteiger partial charge in [0.05, 0.1) is 17.6 Å². The number of hydrogen-bond donors (Lipinski definition) is 1. The van der Waals surface area contributed by atoms with Gasteiger partial charge in [-0.15, -0.1) is 5.10 Å². The molecule has 102 valence electrons. The van der Waals surface area contributed by atoms with E-state index in [1.54, 1.807) is 23.0 Å². The Hall–Kier alpha value is -2.02. The zero-order valence-electron chi connectivity index (χ0n) is 10.0. The molecule has 19 heavy (non-hydrogen) atoms. The van der Waals surface area contributed by atoms with Gasteiger partial charge >= 0.3 is 6.61 Å².